The minimum Gasteiger partial charge on any atom is -0.0654 e. The summed E-state index contributed by atoms with van der Waals surface area (Å²) in [4.78, 5) is 0. The van der Waals surface area contributed by atoms with Crippen molar-refractivity contribution < 1.29 is 0 Å². The van der Waals surface area contributed by atoms with Crippen LogP contribution in [0.25, 0.3) is 0 Å². The maximum absolute atomic E-state index is 2.37. The van der Waals surface area contributed by atoms with Gasteiger partial charge in [0.25, 0.3) is 0 Å². The van der Waals surface area contributed by atoms with Crippen molar-refractivity contribution in [3.05, 3.63) is 34.4 Å². The lowest BCUT2D eigenvalue weighted by molar-refractivity contribution is 0.665. The van der Waals surface area contributed by atoms with E-state index in [0.717, 1.165) is 0 Å². The molecule has 15 heavy (non-hydrogen) atoms. The molecule has 0 N–H and O–H groups in total. The Kier molecular flexibility index (Phi) is 4.87. The SMILES string of the molecule is CCCCCCc1cc(C)c(C)cc1C. The lowest BCUT2D eigenvalue weighted by atomic mass is 9.97. The molecule has 84 valence electrons. The van der Waals surface area contributed by atoms with Crippen molar-refractivity contribution in [1.29, 1.82) is 0 Å². The predicted molar refractivity (Wildman–Crippen MR) is 68.5 cm³/mol. The summed E-state index contributed by atoms with van der Waals surface area (Å²) in [5.74, 6) is 0. The lowest BCUT2D eigenvalue weighted by Crippen LogP contribution is -1.93. The second-order valence-electron chi connectivity index (χ2n) is 4.67. The first-order chi connectivity index (χ1) is 7.15. The van der Waals surface area contributed by atoms with Crippen molar-refractivity contribution in [1.82, 2.24) is 0 Å². The van der Waals surface area contributed by atoms with Gasteiger partial charge in [0.05, 0.1) is 0 Å². The molecule has 0 spiro atoms. The van der Waals surface area contributed by atoms with Gasteiger partial charge in [0, 0.05) is 0 Å². The van der Waals surface area contributed by atoms with E-state index < -0.39 is 0 Å². The van der Waals surface area contributed by atoms with E-state index in [-0.39, 0.29) is 0 Å². The molecule has 0 saturated heterocycles. The van der Waals surface area contributed by atoms with Crippen LogP contribution in [0.1, 0.15) is 54.9 Å². The molecule has 0 nitrogen and oxygen atoms in total. The zero-order valence-corrected chi connectivity index (χ0v) is 10.7. The van der Waals surface area contributed by atoms with Crippen LogP contribution in [0.5, 0.6) is 0 Å². The fourth-order valence-corrected chi connectivity index (χ4v) is 2.03. The van der Waals surface area contributed by atoms with Crippen molar-refractivity contribution in [2.24, 2.45) is 0 Å². The first-order valence-corrected chi connectivity index (χ1v) is 6.22. The largest absolute Gasteiger partial charge is 0.0654 e. The molecular formula is C15H24. The summed E-state index contributed by atoms with van der Waals surface area (Å²) in [5.41, 5.74) is 5.87. The van der Waals surface area contributed by atoms with Gasteiger partial charge in [0.2, 0.25) is 0 Å². The average molecular weight is 204 g/mol. The van der Waals surface area contributed by atoms with E-state index in [1.807, 2.05) is 0 Å². The van der Waals surface area contributed by atoms with Crippen molar-refractivity contribution >= 4 is 0 Å². The highest BCUT2D eigenvalue weighted by molar-refractivity contribution is 5.36. The van der Waals surface area contributed by atoms with E-state index in [0.29, 0.717) is 0 Å². The third kappa shape index (κ3) is 3.70. The minimum atomic E-state index is 1.26. The second-order valence-corrected chi connectivity index (χ2v) is 4.67. The maximum atomic E-state index is 2.37. The van der Waals surface area contributed by atoms with Crippen LogP contribution in [0.3, 0.4) is 0 Å². The fourth-order valence-electron chi connectivity index (χ4n) is 2.03. The van der Waals surface area contributed by atoms with Crippen molar-refractivity contribution in [3.63, 3.8) is 0 Å². The quantitative estimate of drug-likeness (QED) is 0.608. The Morgan fingerprint density at radius 1 is 0.800 bits per heavy atom. The summed E-state index contributed by atoms with van der Waals surface area (Å²) in [6.07, 6.45) is 6.68. The van der Waals surface area contributed by atoms with Crippen LogP contribution < -0.4 is 0 Å². The topological polar surface area (TPSA) is 0 Å². The molecule has 0 saturated carbocycles. The third-order valence-corrected chi connectivity index (χ3v) is 3.25. The van der Waals surface area contributed by atoms with Crippen molar-refractivity contribution in [2.75, 3.05) is 0 Å². The average Bonchev–Trinajstić information content (AvgIpc) is 2.20. The first-order valence-electron chi connectivity index (χ1n) is 6.22. The molecule has 0 fully saturated rings. The summed E-state index contributed by atoms with van der Waals surface area (Å²) in [5, 5.41) is 0. The van der Waals surface area contributed by atoms with E-state index in [4.69, 9.17) is 0 Å². The van der Waals surface area contributed by atoms with E-state index in [1.165, 1.54) is 48.8 Å². The molecular weight excluding hydrogens is 180 g/mol. The lowest BCUT2D eigenvalue weighted by Gasteiger charge is -2.09. The van der Waals surface area contributed by atoms with Gasteiger partial charge in [-0.15, -0.1) is 0 Å². The van der Waals surface area contributed by atoms with E-state index in [2.05, 4.69) is 39.8 Å². The summed E-state index contributed by atoms with van der Waals surface area (Å²) >= 11 is 0. The molecule has 0 amide bonds. The number of rotatable bonds is 5. The molecule has 0 bridgehead atoms. The van der Waals surface area contributed by atoms with Crippen LogP contribution in [0, 0.1) is 20.8 Å². The summed E-state index contributed by atoms with van der Waals surface area (Å²) in [6.45, 7) is 8.91. The highest BCUT2D eigenvalue weighted by atomic mass is 14.1. The van der Waals surface area contributed by atoms with Gasteiger partial charge in [-0.05, 0) is 55.9 Å². The van der Waals surface area contributed by atoms with Gasteiger partial charge in [-0.25, -0.2) is 0 Å². The Morgan fingerprint density at radius 3 is 2.13 bits per heavy atom. The number of aryl methyl sites for hydroxylation is 4. The minimum absolute atomic E-state index is 1.26. The third-order valence-electron chi connectivity index (χ3n) is 3.25. The monoisotopic (exact) mass is 204 g/mol. The number of unbranched alkanes of at least 4 members (excludes halogenated alkanes) is 3. The van der Waals surface area contributed by atoms with Gasteiger partial charge in [0.15, 0.2) is 0 Å². The second kappa shape index (κ2) is 5.95. The Morgan fingerprint density at radius 2 is 1.47 bits per heavy atom. The van der Waals surface area contributed by atoms with Crippen LogP contribution in [0.2, 0.25) is 0 Å². The molecule has 1 rings (SSSR count). The summed E-state index contributed by atoms with van der Waals surface area (Å²) in [6, 6.07) is 4.70. The molecule has 1 aromatic rings. The van der Waals surface area contributed by atoms with Crippen LogP contribution in [-0.2, 0) is 6.42 Å². The van der Waals surface area contributed by atoms with E-state index in [9.17, 15) is 0 Å². The molecule has 0 aliphatic carbocycles. The van der Waals surface area contributed by atoms with E-state index >= 15 is 0 Å². The number of hydrogen-bond donors (Lipinski definition) is 0. The molecule has 1 aromatic carbocycles. The van der Waals surface area contributed by atoms with Gasteiger partial charge in [0.1, 0.15) is 0 Å². The zero-order valence-electron chi connectivity index (χ0n) is 10.7. The number of benzene rings is 1. The molecule has 0 aliphatic heterocycles. The van der Waals surface area contributed by atoms with Gasteiger partial charge in [-0.1, -0.05) is 38.3 Å². The summed E-state index contributed by atoms with van der Waals surface area (Å²) < 4.78 is 0. The smallest absolute Gasteiger partial charge is 0.0276 e. The molecule has 0 atom stereocenters. The Bertz CT molecular complexity index is 310. The highest BCUT2D eigenvalue weighted by Gasteiger charge is 2.01. The summed E-state index contributed by atoms with van der Waals surface area (Å²) in [7, 11) is 0. The van der Waals surface area contributed by atoms with Crippen LogP contribution in [0.4, 0.5) is 0 Å². The zero-order chi connectivity index (χ0) is 11.3. The molecule has 0 aliphatic rings. The Hall–Kier alpha value is -0.780. The molecule has 0 aromatic heterocycles. The van der Waals surface area contributed by atoms with Crippen LogP contribution in [0.15, 0.2) is 12.1 Å². The molecule has 0 heterocycles. The van der Waals surface area contributed by atoms with Gasteiger partial charge >= 0.3 is 0 Å². The van der Waals surface area contributed by atoms with Crippen molar-refractivity contribution in [3.8, 4) is 0 Å². The molecule has 0 heteroatoms. The van der Waals surface area contributed by atoms with Crippen LogP contribution >= 0.6 is 0 Å². The predicted octanol–water partition coefficient (Wildman–Crippen LogP) is 4.73. The normalized spacial score (nSPS) is 10.7. The van der Waals surface area contributed by atoms with Crippen LogP contribution in [-0.4, -0.2) is 0 Å². The number of hydrogen-bond acceptors (Lipinski definition) is 0. The van der Waals surface area contributed by atoms with Gasteiger partial charge < -0.3 is 0 Å². The van der Waals surface area contributed by atoms with Crippen molar-refractivity contribution in [2.45, 2.75) is 59.8 Å². The maximum Gasteiger partial charge on any atom is -0.0276 e. The Balaban J connectivity index is 2.57. The molecule has 0 unspecified atom stereocenters. The van der Waals surface area contributed by atoms with E-state index in [1.54, 1.807) is 5.56 Å². The first kappa shape index (κ1) is 12.3. The fraction of sp³-hybridized carbons (Fsp3) is 0.600. The Labute approximate surface area is 94.7 Å². The standard InChI is InChI=1S/C15H24/c1-5-6-7-8-9-15-11-13(3)12(2)10-14(15)4/h10-11H,5-9H2,1-4H3. The van der Waals surface area contributed by atoms with Gasteiger partial charge in [-0.3, -0.25) is 0 Å². The molecule has 0 radical (unpaired) electrons. The highest BCUT2D eigenvalue weighted by Crippen LogP contribution is 2.17. The van der Waals surface area contributed by atoms with Gasteiger partial charge in [-0.2, -0.15) is 0 Å².